The third-order valence-corrected chi connectivity index (χ3v) is 4.47. The monoisotopic (exact) mass is 338 g/mol. The molecule has 1 amide bonds. The zero-order valence-corrected chi connectivity index (χ0v) is 13.1. The Kier molecular flexibility index (Phi) is 5.22. The van der Waals surface area contributed by atoms with Gasteiger partial charge in [0.05, 0.1) is 0 Å². The normalized spacial score (nSPS) is 18.2. The topological polar surface area (TPSA) is 58.6 Å². The van der Waals surface area contributed by atoms with Crippen LogP contribution < -0.4 is 4.90 Å². The van der Waals surface area contributed by atoms with E-state index in [1.165, 1.54) is 7.11 Å². The number of aromatic nitrogens is 2. The molecule has 0 bridgehead atoms. The summed E-state index contributed by atoms with van der Waals surface area (Å²) in [5.41, 5.74) is 0. The minimum Gasteiger partial charge on any atom is -0.372 e. The molecule has 1 aliphatic rings. The van der Waals surface area contributed by atoms with E-state index >= 15 is 0 Å². The number of amides is 1. The van der Waals surface area contributed by atoms with E-state index in [9.17, 15) is 18.0 Å². The van der Waals surface area contributed by atoms with Gasteiger partial charge in [0.25, 0.3) is 5.91 Å². The predicted octanol–water partition coefficient (Wildman–Crippen LogP) is 1.63. The molecule has 2 heterocycles. The molecule has 0 aromatic carbocycles. The second-order valence-corrected chi connectivity index (χ2v) is 5.89. The maximum Gasteiger partial charge on any atom is 0.445 e. The van der Waals surface area contributed by atoms with E-state index < -0.39 is 17.3 Å². The quantitative estimate of drug-likeness (QED) is 0.838. The Morgan fingerprint density at radius 2 is 2.00 bits per heavy atom. The van der Waals surface area contributed by atoms with Crippen molar-refractivity contribution < 1.29 is 22.7 Å². The maximum atomic E-state index is 12.6. The molecule has 6 nitrogen and oxygen atoms in total. The van der Waals surface area contributed by atoms with Crippen LogP contribution in [0.1, 0.15) is 18.4 Å². The molecule has 1 aliphatic heterocycles. The number of hydrogen-bond donors (Lipinski definition) is 0. The van der Waals surface area contributed by atoms with Crippen molar-refractivity contribution in [1.29, 1.82) is 0 Å². The predicted molar refractivity (Wildman–Crippen MR) is 74.8 cm³/mol. The van der Waals surface area contributed by atoms with Crippen molar-refractivity contribution in [2.75, 3.05) is 38.2 Å². The fourth-order valence-corrected chi connectivity index (χ4v) is 2.91. The molecular formula is C12H17F3N4O2S. The summed E-state index contributed by atoms with van der Waals surface area (Å²) in [5.74, 6) is -0.113. The van der Waals surface area contributed by atoms with Gasteiger partial charge in [0, 0.05) is 33.3 Å². The number of halogens is 3. The van der Waals surface area contributed by atoms with Crippen molar-refractivity contribution in [2.45, 2.75) is 25.6 Å². The molecule has 1 aromatic rings. The second kappa shape index (κ2) is 6.78. The molecule has 22 heavy (non-hydrogen) atoms. The summed E-state index contributed by atoms with van der Waals surface area (Å²) in [7, 11) is 1.46. The van der Waals surface area contributed by atoms with Gasteiger partial charge < -0.3 is 14.5 Å². The van der Waals surface area contributed by atoms with Crippen LogP contribution in [0.4, 0.5) is 18.3 Å². The van der Waals surface area contributed by atoms with Crippen molar-refractivity contribution in [3.05, 3.63) is 5.01 Å². The van der Waals surface area contributed by atoms with Crippen molar-refractivity contribution in [1.82, 2.24) is 15.1 Å². The lowest BCUT2D eigenvalue weighted by Gasteiger charge is -2.23. The summed E-state index contributed by atoms with van der Waals surface area (Å²) < 4.78 is 42.7. The van der Waals surface area contributed by atoms with E-state index in [4.69, 9.17) is 4.74 Å². The number of carbonyl (C=O) groups excluding carboxylic acids is 1. The molecule has 2 rings (SSSR count). The lowest BCUT2D eigenvalue weighted by Crippen LogP contribution is -2.41. The third-order valence-electron chi connectivity index (χ3n) is 3.44. The van der Waals surface area contributed by atoms with Crippen molar-refractivity contribution in [3.8, 4) is 0 Å². The van der Waals surface area contributed by atoms with Gasteiger partial charge >= 0.3 is 6.18 Å². The van der Waals surface area contributed by atoms with E-state index in [0.717, 1.165) is 0 Å². The summed E-state index contributed by atoms with van der Waals surface area (Å²) in [4.78, 5) is 15.5. The largest absolute Gasteiger partial charge is 0.445 e. The molecule has 0 N–H and O–H groups in total. The van der Waals surface area contributed by atoms with Gasteiger partial charge in [-0.05, 0) is 13.3 Å². The molecule has 0 unspecified atom stereocenters. The van der Waals surface area contributed by atoms with E-state index in [-0.39, 0.29) is 11.0 Å². The fraction of sp³-hybridized carbons (Fsp3) is 0.750. The Labute approximate surface area is 129 Å². The molecule has 0 aliphatic carbocycles. The minimum absolute atomic E-state index is 0.113. The number of alkyl halides is 3. The number of hydrogen-bond acceptors (Lipinski definition) is 6. The fourth-order valence-electron chi connectivity index (χ4n) is 2.14. The first-order chi connectivity index (χ1) is 10.3. The standard InChI is InChI=1S/C12H17F3N4O2S/c1-8(21-2)9(20)18-4-3-5-19(7-6-18)11-17-16-10(22-11)12(13,14)15/h8H,3-7H2,1-2H3/t8-/m0/s1. The number of ether oxygens (including phenoxy) is 1. The van der Waals surface area contributed by atoms with Gasteiger partial charge in [0.15, 0.2) is 0 Å². The molecule has 1 saturated heterocycles. The van der Waals surface area contributed by atoms with E-state index in [2.05, 4.69) is 10.2 Å². The number of nitrogens with zero attached hydrogens (tertiary/aromatic N) is 4. The van der Waals surface area contributed by atoms with Crippen molar-refractivity contribution in [2.24, 2.45) is 0 Å². The van der Waals surface area contributed by atoms with Gasteiger partial charge in [-0.15, -0.1) is 10.2 Å². The average molecular weight is 338 g/mol. The summed E-state index contributed by atoms with van der Waals surface area (Å²) in [6.07, 6.45) is -4.34. The number of rotatable bonds is 3. The van der Waals surface area contributed by atoms with Crippen LogP contribution in [-0.4, -0.2) is 60.4 Å². The number of anilines is 1. The van der Waals surface area contributed by atoms with Crippen LogP contribution >= 0.6 is 11.3 Å². The number of carbonyl (C=O) groups is 1. The van der Waals surface area contributed by atoms with Crippen LogP contribution in [0.3, 0.4) is 0 Å². The molecule has 0 saturated carbocycles. The molecule has 1 atom stereocenters. The first-order valence-electron chi connectivity index (χ1n) is 6.80. The highest BCUT2D eigenvalue weighted by Crippen LogP contribution is 2.34. The molecule has 0 spiro atoms. The van der Waals surface area contributed by atoms with Crippen molar-refractivity contribution >= 4 is 22.4 Å². The van der Waals surface area contributed by atoms with Gasteiger partial charge in [0.2, 0.25) is 10.1 Å². The van der Waals surface area contributed by atoms with Crippen LogP contribution in [0.5, 0.6) is 0 Å². The molecule has 1 fully saturated rings. The number of methoxy groups -OCH3 is 1. The minimum atomic E-state index is -4.47. The van der Waals surface area contributed by atoms with Gasteiger partial charge in [-0.25, -0.2) is 0 Å². The van der Waals surface area contributed by atoms with Crippen LogP contribution in [-0.2, 0) is 15.7 Å². The highest BCUT2D eigenvalue weighted by atomic mass is 32.1. The summed E-state index contributed by atoms with van der Waals surface area (Å²) >= 11 is 0.527. The van der Waals surface area contributed by atoms with E-state index in [1.807, 2.05) is 0 Å². The molecule has 0 radical (unpaired) electrons. The smallest absolute Gasteiger partial charge is 0.372 e. The third kappa shape index (κ3) is 3.86. The Balaban J connectivity index is 2.01. The molecule has 10 heteroatoms. The Morgan fingerprint density at radius 3 is 2.59 bits per heavy atom. The van der Waals surface area contributed by atoms with Gasteiger partial charge in [0.1, 0.15) is 6.10 Å². The van der Waals surface area contributed by atoms with E-state index in [0.29, 0.717) is 43.9 Å². The first kappa shape index (κ1) is 16.9. The van der Waals surface area contributed by atoms with Gasteiger partial charge in [-0.1, -0.05) is 11.3 Å². The van der Waals surface area contributed by atoms with Crippen molar-refractivity contribution in [3.63, 3.8) is 0 Å². The van der Waals surface area contributed by atoms with Crippen LogP contribution in [0.25, 0.3) is 0 Å². The lowest BCUT2D eigenvalue weighted by atomic mass is 10.3. The zero-order chi connectivity index (χ0) is 16.3. The molecule has 1 aromatic heterocycles. The molecular weight excluding hydrogens is 321 g/mol. The molecule has 124 valence electrons. The second-order valence-electron chi connectivity index (χ2n) is 4.93. The Bertz CT molecular complexity index is 523. The average Bonchev–Trinajstić information content (AvgIpc) is 2.85. The highest BCUT2D eigenvalue weighted by molar-refractivity contribution is 7.15. The summed E-state index contributed by atoms with van der Waals surface area (Å²) in [6, 6.07) is 0. The maximum absolute atomic E-state index is 12.6. The Hall–Kier alpha value is -1.42. The van der Waals surface area contributed by atoms with Crippen LogP contribution in [0.15, 0.2) is 0 Å². The van der Waals surface area contributed by atoms with Crippen LogP contribution in [0.2, 0.25) is 0 Å². The SMILES string of the molecule is CO[C@@H](C)C(=O)N1CCCN(c2nnc(C(F)(F)F)s2)CC1. The van der Waals surface area contributed by atoms with Crippen LogP contribution in [0, 0.1) is 0 Å². The van der Waals surface area contributed by atoms with E-state index in [1.54, 1.807) is 16.7 Å². The lowest BCUT2D eigenvalue weighted by molar-refractivity contribution is -0.140. The Morgan fingerprint density at radius 1 is 1.27 bits per heavy atom. The zero-order valence-electron chi connectivity index (χ0n) is 12.3. The summed E-state index contributed by atoms with van der Waals surface area (Å²) in [6.45, 7) is 3.61. The highest BCUT2D eigenvalue weighted by Gasteiger charge is 2.36. The van der Waals surface area contributed by atoms with Gasteiger partial charge in [-0.3, -0.25) is 4.79 Å². The first-order valence-corrected chi connectivity index (χ1v) is 7.62. The van der Waals surface area contributed by atoms with Gasteiger partial charge in [-0.2, -0.15) is 13.2 Å². The summed E-state index contributed by atoms with van der Waals surface area (Å²) in [5, 5.41) is 6.09.